The Morgan fingerprint density at radius 2 is 1.43 bits per heavy atom. The average Bonchev–Trinajstić information content (AvgIpc) is 2.75. The molecule has 1 nitrogen and oxygen atoms in total. The lowest BCUT2D eigenvalue weighted by Crippen LogP contribution is -2.20. The molecule has 28 heavy (non-hydrogen) atoms. The minimum absolute atomic E-state index is 1.04. The van der Waals surface area contributed by atoms with Crippen LogP contribution in [0.5, 0.6) is 0 Å². The number of hydrogen-bond donors (Lipinski definition) is 0. The molecule has 1 aliphatic carbocycles. The fourth-order valence-electron chi connectivity index (χ4n) is 4.18. The number of hydrogen-bond acceptors (Lipinski definition) is 1. The number of benzene rings is 4. The maximum absolute atomic E-state index is 2.44. The highest BCUT2D eigenvalue weighted by atomic mass is 15.2. The Morgan fingerprint density at radius 1 is 0.679 bits per heavy atom. The molecule has 0 aromatic heterocycles. The summed E-state index contributed by atoms with van der Waals surface area (Å²) in [4.78, 5) is 2.44. The molecule has 4 aromatic carbocycles. The quantitative estimate of drug-likeness (QED) is 0.371. The molecule has 0 saturated carbocycles. The lowest BCUT2D eigenvalue weighted by molar-refractivity contribution is 0.892. The van der Waals surface area contributed by atoms with Crippen molar-refractivity contribution in [3.8, 4) is 0 Å². The Bertz CT molecular complexity index is 1190. The fraction of sp³-hybridized carbons (Fsp3) is 0.111. The minimum atomic E-state index is 1.04. The first kappa shape index (κ1) is 16.8. The molecule has 0 amide bonds. The molecule has 0 atom stereocenters. The lowest BCUT2D eigenvalue weighted by Gasteiger charge is -2.32. The van der Waals surface area contributed by atoms with Crippen molar-refractivity contribution in [3.05, 3.63) is 113 Å². The van der Waals surface area contributed by atoms with Gasteiger partial charge in [0, 0.05) is 17.1 Å². The monoisotopic (exact) mass is 361 g/mol. The molecule has 0 heterocycles. The zero-order chi connectivity index (χ0) is 18.9. The van der Waals surface area contributed by atoms with Gasteiger partial charge in [0.15, 0.2) is 0 Å². The van der Waals surface area contributed by atoms with Crippen LogP contribution in [0.15, 0.2) is 96.7 Å². The van der Waals surface area contributed by atoms with E-state index in [2.05, 4.69) is 109 Å². The van der Waals surface area contributed by atoms with E-state index in [4.69, 9.17) is 0 Å². The molecule has 4 aromatic rings. The molecule has 5 rings (SSSR count). The maximum atomic E-state index is 2.44. The summed E-state index contributed by atoms with van der Waals surface area (Å²) < 4.78 is 0. The van der Waals surface area contributed by atoms with Gasteiger partial charge < -0.3 is 4.90 Å². The second kappa shape index (κ2) is 7.01. The first-order valence-corrected chi connectivity index (χ1v) is 9.93. The van der Waals surface area contributed by atoms with Crippen molar-refractivity contribution in [2.45, 2.75) is 19.8 Å². The first-order chi connectivity index (χ1) is 13.8. The van der Waals surface area contributed by atoms with Crippen molar-refractivity contribution in [1.29, 1.82) is 0 Å². The normalized spacial score (nSPS) is 13.1. The molecule has 0 unspecified atom stereocenters. The summed E-state index contributed by atoms with van der Waals surface area (Å²) in [5, 5.41) is 2.55. The van der Waals surface area contributed by atoms with Crippen LogP contribution in [0.4, 0.5) is 11.4 Å². The van der Waals surface area contributed by atoms with Crippen molar-refractivity contribution in [2.75, 3.05) is 4.90 Å². The molecule has 1 aliphatic rings. The number of nitrogens with zero attached hydrogens (tertiary/aromatic N) is 1. The zero-order valence-electron chi connectivity index (χ0n) is 16.1. The smallest absolute Gasteiger partial charge is 0.0487 e. The Labute approximate surface area is 166 Å². The third kappa shape index (κ3) is 2.99. The highest BCUT2D eigenvalue weighted by molar-refractivity contribution is 5.88. The van der Waals surface area contributed by atoms with Gasteiger partial charge in [-0.3, -0.25) is 0 Å². The van der Waals surface area contributed by atoms with E-state index in [1.165, 1.54) is 44.5 Å². The standard InChI is InChI=1S/C27H23N/c1-20-8-2-7-13-27(20)28(25-16-14-21-9-3-5-11-23(21)18-25)26-17-15-22-10-4-6-12-24(22)19-26/h2-14,16,18-19H,15,17H2,1H3. The van der Waals surface area contributed by atoms with Gasteiger partial charge in [0.2, 0.25) is 0 Å². The fourth-order valence-corrected chi connectivity index (χ4v) is 4.18. The third-order valence-electron chi connectivity index (χ3n) is 5.66. The molecule has 0 fully saturated rings. The predicted molar refractivity (Wildman–Crippen MR) is 120 cm³/mol. The van der Waals surface area contributed by atoms with E-state index in [0.29, 0.717) is 0 Å². The molecule has 0 spiro atoms. The Hall–Kier alpha value is -3.32. The second-order valence-corrected chi connectivity index (χ2v) is 7.49. The van der Waals surface area contributed by atoms with E-state index in [0.717, 1.165) is 12.8 Å². The summed E-state index contributed by atoms with van der Waals surface area (Å²) in [6, 6.07) is 32.8. The molecular weight excluding hydrogens is 338 g/mol. The number of allylic oxidation sites excluding steroid dienone is 1. The van der Waals surface area contributed by atoms with E-state index >= 15 is 0 Å². The Morgan fingerprint density at radius 3 is 2.32 bits per heavy atom. The van der Waals surface area contributed by atoms with E-state index in [9.17, 15) is 0 Å². The van der Waals surface area contributed by atoms with Crippen LogP contribution in [0.2, 0.25) is 0 Å². The van der Waals surface area contributed by atoms with Crippen molar-refractivity contribution >= 4 is 28.2 Å². The lowest BCUT2D eigenvalue weighted by atomic mass is 9.94. The van der Waals surface area contributed by atoms with Crippen molar-refractivity contribution in [2.24, 2.45) is 0 Å². The van der Waals surface area contributed by atoms with Gasteiger partial charge in [0.05, 0.1) is 0 Å². The van der Waals surface area contributed by atoms with Crippen LogP contribution in [0, 0.1) is 6.92 Å². The summed E-state index contributed by atoms with van der Waals surface area (Å²) >= 11 is 0. The summed E-state index contributed by atoms with van der Waals surface area (Å²) in [6.45, 7) is 2.20. The molecule has 0 N–H and O–H groups in total. The van der Waals surface area contributed by atoms with Crippen LogP contribution in [0.25, 0.3) is 16.8 Å². The number of fused-ring (bicyclic) bond motifs is 2. The van der Waals surface area contributed by atoms with Crippen LogP contribution < -0.4 is 4.90 Å². The van der Waals surface area contributed by atoms with E-state index in [-0.39, 0.29) is 0 Å². The van der Waals surface area contributed by atoms with Gasteiger partial charge in [-0.05, 0) is 71.5 Å². The number of rotatable bonds is 3. The van der Waals surface area contributed by atoms with Gasteiger partial charge in [0.1, 0.15) is 0 Å². The summed E-state index contributed by atoms with van der Waals surface area (Å²) in [7, 11) is 0. The molecule has 1 heteroatoms. The maximum Gasteiger partial charge on any atom is 0.0487 e. The van der Waals surface area contributed by atoms with E-state index in [1.54, 1.807) is 0 Å². The summed E-state index contributed by atoms with van der Waals surface area (Å²) in [5.41, 5.74) is 7.89. The Kier molecular flexibility index (Phi) is 4.21. The van der Waals surface area contributed by atoms with Crippen LogP contribution in [0.1, 0.15) is 23.1 Å². The number of aryl methyl sites for hydroxylation is 2. The van der Waals surface area contributed by atoms with Gasteiger partial charge in [0.25, 0.3) is 0 Å². The van der Waals surface area contributed by atoms with Crippen molar-refractivity contribution in [1.82, 2.24) is 0 Å². The highest BCUT2D eigenvalue weighted by Gasteiger charge is 2.20. The second-order valence-electron chi connectivity index (χ2n) is 7.49. The van der Waals surface area contributed by atoms with Crippen molar-refractivity contribution < 1.29 is 0 Å². The number of anilines is 2. The molecule has 0 bridgehead atoms. The SMILES string of the molecule is Cc1ccccc1N(C1=Cc2ccccc2CC1)c1ccc2ccccc2c1. The van der Waals surface area contributed by atoms with Gasteiger partial charge >= 0.3 is 0 Å². The molecular formula is C27H23N. The molecule has 136 valence electrons. The molecule has 0 saturated heterocycles. The zero-order valence-corrected chi connectivity index (χ0v) is 16.1. The van der Waals surface area contributed by atoms with Gasteiger partial charge in [-0.2, -0.15) is 0 Å². The minimum Gasteiger partial charge on any atom is -0.314 e. The van der Waals surface area contributed by atoms with Crippen LogP contribution in [-0.2, 0) is 6.42 Å². The van der Waals surface area contributed by atoms with Crippen LogP contribution >= 0.6 is 0 Å². The topological polar surface area (TPSA) is 3.24 Å². The van der Waals surface area contributed by atoms with Gasteiger partial charge in [-0.25, -0.2) is 0 Å². The highest BCUT2D eigenvalue weighted by Crippen LogP contribution is 2.38. The van der Waals surface area contributed by atoms with Gasteiger partial charge in [-0.15, -0.1) is 0 Å². The number of para-hydroxylation sites is 1. The van der Waals surface area contributed by atoms with E-state index < -0.39 is 0 Å². The van der Waals surface area contributed by atoms with Crippen LogP contribution in [0.3, 0.4) is 0 Å². The van der Waals surface area contributed by atoms with Gasteiger partial charge in [-0.1, -0.05) is 72.8 Å². The third-order valence-corrected chi connectivity index (χ3v) is 5.66. The summed E-state index contributed by atoms with van der Waals surface area (Å²) in [5.74, 6) is 0. The Balaban J connectivity index is 1.70. The summed E-state index contributed by atoms with van der Waals surface area (Å²) in [6.07, 6.45) is 4.48. The molecule has 0 aliphatic heterocycles. The largest absolute Gasteiger partial charge is 0.314 e. The first-order valence-electron chi connectivity index (χ1n) is 9.93. The van der Waals surface area contributed by atoms with Crippen LogP contribution in [-0.4, -0.2) is 0 Å². The average molecular weight is 361 g/mol. The van der Waals surface area contributed by atoms with E-state index in [1.807, 2.05) is 0 Å². The molecule has 0 radical (unpaired) electrons. The van der Waals surface area contributed by atoms with Crippen molar-refractivity contribution in [3.63, 3.8) is 0 Å². The predicted octanol–water partition coefficient (Wildman–Crippen LogP) is 7.27.